The summed E-state index contributed by atoms with van der Waals surface area (Å²) in [5.74, 6) is -2.74. The van der Waals surface area contributed by atoms with Crippen molar-refractivity contribution in [1.29, 1.82) is 0 Å². The van der Waals surface area contributed by atoms with Gasteiger partial charge in [-0.15, -0.1) is 0 Å². The molecule has 9 heteroatoms. The average molecular weight is 421 g/mol. The molecule has 1 aromatic carbocycles. The molecule has 0 aromatic heterocycles. The van der Waals surface area contributed by atoms with Gasteiger partial charge >= 0.3 is 5.97 Å². The van der Waals surface area contributed by atoms with Crippen molar-refractivity contribution < 1.29 is 24.3 Å². The van der Waals surface area contributed by atoms with Crippen LogP contribution in [-0.4, -0.2) is 53.0 Å². The van der Waals surface area contributed by atoms with Crippen molar-refractivity contribution in [3.8, 4) is 0 Å². The van der Waals surface area contributed by atoms with Crippen LogP contribution in [0.1, 0.15) is 39.7 Å². The summed E-state index contributed by atoms with van der Waals surface area (Å²) in [6, 6.07) is 5.32. The SMILES string of the molecule is CC(C)CC(NC(=O)C(C)NC(=O)C(Cc1ccccc1)NC(=O)C(C)N)C(=O)O. The second-order valence-electron chi connectivity index (χ2n) is 7.80. The van der Waals surface area contributed by atoms with E-state index in [-0.39, 0.29) is 18.8 Å². The zero-order valence-corrected chi connectivity index (χ0v) is 17.8. The monoisotopic (exact) mass is 420 g/mol. The number of carboxylic acids is 1. The zero-order chi connectivity index (χ0) is 22.8. The standard InChI is InChI=1S/C21H32N4O5/c1-12(2)10-17(21(29)30)25-19(27)14(4)23-20(28)16(24-18(26)13(3)22)11-15-8-6-5-7-9-15/h5-9,12-14,16-17H,10-11,22H2,1-4H3,(H,23,28)(H,24,26)(H,25,27)(H,29,30). The second kappa shape index (κ2) is 11.9. The van der Waals surface area contributed by atoms with E-state index in [2.05, 4.69) is 16.0 Å². The van der Waals surface area contributed by atoms with E-state index in [1.54, 1.807) is 0 Å². The largest absolute Gasteiger partial charge is 0.480 e. The Labute approximate surface area is 176 Å². The van der Waals surface area contributed by atoms with E-state index in [0.717, 1.165) is 5.56 Å². The molecule has 9 nitrogen and oxygen atoms in total. The van der Waals surface area contributed by atoms with Gasteiger partial charge in [0.15, 0.2) is 0 Å². The summed E-state index contributed by atoms with van der Waals surface area (Å²) in [5, 5.41) is 16.9. The Morgan fingerprint density at radius 3 is 1.93 bits per heavy atom. The maximum absolute atomic E-state index is 12.8. The fraction of sp³-hybridized carbons (Fsp3) is 0.524. The van der Waals surface area contributed by atoms with Crippen molar-refractivity contribution in [2.24, 2.45) is 11.7 Å². The van der Waals surface area contributed by atoms with Gasteiger partial charge in [0, 0.05) is 6.42 Å². The second-order valence-corrected chi connectivity index (χ2v) is 7.80. The topological polar surface area (TPSA) is 151 Å². The summed E-state index contributed by atoms with van der Waals surface area (Å²) >= 11 is 0. The minimum atomic E-state index is -1.14. The molecule has 0 aliphatic heterocycles. The van der Waals surface area contributed by atoms with Crippen LogP contribution in [0.15, 0.2) is 30.3 Å². The number of nitrogens with one attached hydrogen (secondary N) is 3. The fourth-order valence-corrected chi connectivity index (χ4v) is 2.73. The molecule has 1 aromatic rings. The molecule has 3 amide bonds. The van der Waals surface area contributed by atoms with Gasteiger partial charge in [-0.2, -0.15) is 0 Å². The molecule has 0 aliphatic rings. The van der Waals surface area contributed by atoms with Gasteiger partial charge in [-0.05, 0) is 31.7 Å². The summed E-state index contributed by atoms with van der Waals surface area (Å²) in [5.41, 5.74) is 6.41. The Morgan fingerprint density at radius 2 is 1.43 bits per heavy atom. The van der Waals surface area contributed by atoms with Crippen LogP contribution < -0.4 is 21.7 Å². The number of aliphatic carboxylic acids is 1. The maximum Gasteiger partial charge on any atom is 0.326 e. The van der Waals surface area contributed by atoms with Gasteiger partial charge in [-0.25, -0.2) is 4.79 Å². The van der Waals surface area contributed by atoms with Crippen molar-refractivity contribution in [3.63, 3.8) is 0 Å². The van der Waals surface area contributed by atoms with E-state index < -0.39 is 47.9 Å². The lowest BCUT2D eigenvalue weighted by atomic mass is 10.0. The molecule has 0 saturated carbocycles. The lowest BCUT2D eigenvalue weighted by Gasteiger charge is -2.23. The molecular formula is C21H32N4O5. The van der Waals surface area contributed by atoms with Gasteiger partial charge in [-0.1, -0.05) is 44.2 Å². The molecule has 4 unspecified atom stereocenters. The number of rotatable bonds is 11. The first-order chi connectivity index (χ1) is 14.0. The summed E-state index contributed by atoms with van der Waals surface area (Å²) in [6.07, 6.45) is 0.480. The number of nitrogens with two attached hydrogens (primary N) is 1. The molecule has 0 fully saturated rings. The van der Waals surface area contributed by atoms with Crippen LogP contribution in [0, 0.1) is 5.92 Å². The van der Waals surface area contributed by atoms with Gasteiger partial charge < -0.3 is 26.8 Å². The van der Waals surface area contributed by atoms with Crippen LogP contribution in [0.2, 0.25) is 0 Å². The molecule has 0 spiro atoms. The Kier molecular flexibility index (Phi) is 9.97. The van der Waals surface area contributed by atoms with Gasteiger partial charge in [0.25, 0.3) is 0 Å². The van der Waals surface area contributed by atoms with E-state index in [0.29, 0.717) is 0 Å². The summed E-state index contributed by atoms with van der Waals surface area (Å²) in [7, 11) is 0. The number of benzene rings is 1. The maximum atomic E-state index is 12.8. The fourth-order valence-electron chi connectivity index (χ4n) is 2.73. The molecule has 30 heavy (non-hydrogen) atoms. The Hall–Kier alpha value is -2.94. The molecule has 4 atom stereocenters. The summed E-state index contributed by atoms with van der Waals surface area (Å²) in [6.45, 7) is 6.66. The average Bonchev–Trinajstić information content (AvgIpc) is 2.66. The normalized spacial score (nSPS) is 14.9. The third-order valence-corrected chi connectivity index (χ3v) is 4.40. The number of carbonyl (C=O) groups is 4. The van der Waals surface area contributed by atoms with Crippen LogP contribution in [0.3, 0.4) is 0 Å². The highest BCUT2D eigenvalue weighted by Crippen LogP contribution is 2.06. The molecule has 6 N–H and O–H groups in total. The highest BCUT2D eigenvalue weighted by molar-refractivity contribution is 5.93. The number of hydrogen-bond acceptors (Lipinski definition) is 5. The van der Waals surface area contributed by atoms with Gasteiger partial charge in [-0.3, -0.25) is 14.4 Å². The van der Waals surface area contributed by atoms with Gasteiger partial charge in [0.05, 0.1) is 6.04 Å². The molecule has 0 heterocycles. The molecule has 0 bridgehead atoms. The highest BCUT2D eigenvalue weighted by Gasteiger charge is 2.28. The van der Waals surface area contributed by atoms with Crippen LogP contribution in [0.5, 0.6) is 0 Å². The predicted molar refractivity (Wildman–Crippen MR) is 112 cm³/mol. The summed E-state index contributed by atoms with van der Waals surface area (Å²) < 4.78 is 0. The van der Waals surface area contributed by atoms with Crippen molar-refractivity contribution in [3.05, 3.63) is 35.9 Å². The van der Waals surface area contributed by atoms with E-state index >= 15 is 0 Å². The highest BCUT2D eigenvalue weighted by atomic mass is 16.4. The minimum Gasteiger partial charge on any atom is -0.480 e. The minimum absolute atomic E-state index is 0.0695. The Morgan fingerprint density at radius 1 is 0.867 bits per heavy atom. The van der Waals surface area contributed by atoms with Crippen LogP contribution in [-0.2, 0) is 25.6 Å². The summed E-state index contributed by atoms with van der Waals surface area (Å²) in [4.78, 5) is 48.5. The predicted octanol–water partition coefficient (Wildman–Crippen LogP) is 0.181. The first-order valence-corrected chi connectivity index (χ1v) is 9.94. The smallest absolute Gasteiger partial charge is 0.326 e. The van der Waals surface area contributed by atoms with E-state index in [1.807, 2.05) is 44.2 Å². The van der Waals surface area contributed by atoms with E-state index in [4.69, 9.17) is 5.73 Å². The lowest BCUT2D eigenvalue weighted by Crippen LogP contribution is -2.56. The van der Waals surface area contributed by atoms with Crippen LogP contribution >= 0.6 is 0 Å². The first-order valence-electron chi connectivity index (χ1n) is 9.94. The molecule has 166 valence electrons. The van der Waals surface area contributed by atoms with Gasteiger partial charge in [0.2, 0.25) is 17.7 Å². The number of carboxylic acid groups (broad SMARTS) is 1. The Balaban J connectivity index is 2.83. The molecule has 1 rings (SSSR count). The van der Waals surface area contributed by atoms with E-state index in [1.165, 1.54) is 13.8 Å². The molecule has 0 saturated heterocycles. The van der Waals surface area contributed by atoms with E-state index in [9.17, 15) is 24.3 Å². The zero-order valence-electron chi connectivity index (χ0n) is 17.8. The lowest BCUT2D eigenvalue weighted by molar-refractivity contribution is -0.142. The third-order valence-electron chi connectivity index (χ3n) is 4.40. The quantitative estimate of drug-likeness (QED) is 0.345. The molecule has 0 radical (unpaired) electrons. The van der Waals surface area contributed by atoms with Crippen LogP contribution in [0.4, 0.5) is 0 Å². The van der Waals surface area contributed by atoms with Crippen molar-refractivity contribution >= 4 is 23.7 Å². The van der Waals surface area contributed by atoms with Crippen molar-refractivity contribution in [1.82, 2.24) is 16.0 Å². The number of amides is 3. The van der Waals surface area contributed by atoms with Crippen molar-refractivity contribution in [2.75, 3.05) is 0 Å². The van der Waals surface area contributed by atoms with Crippen molar-refractivity contribution in [2.45, 2.75) is 64.7 Å². The number of hydrogen-bond donors (Lipinski definition) is 5. The number of carbonyl (C=O) groups excluding carboxylic acids is 3. The third kappa shape index (κ3) is 8.60. The molecular weight excluding hydrogens is 388 g/mol. The van der Waals surface area contributed by atoms with Crippen LogP contribution in [0.25, 0.3) is 0 Å². The first kappa shape index (κ1) is 25.1. The molecule has 0 aliphatic carbocycles. The Bertz CT molecular complexity index is 736. The van der Waals surface area contributed by atoms with Gasteiger partial charge in [0.1, 0.15) is 18.1 Å².